The van der Waals surface area contributed by atoms with Crippen LogP contribution in [0.4, 0.5) is 4.39 Å². The van der Waals surface area contributed by atoms with Crippen molar-refractivity contribution >= 4 is 0 Å². The molecule has 0 saturated heterocycles. The van der Waals surface area contributed by atoms with Crippen molar-refractivity contribution in [3.8, 4) is 0 Å². The Labute approximate surface area is 129 Å². The summed E-state index contributed by atoms with van der Waals surface area (Å²) in [4.78, 5) is 0. The van der Waals surface area contributed by atoms with Crippen molar-refractivity contribution in [2.45, 2.75) is 77.3 Å². The molecule has 2 heteroatoms. The first-order valence-electron chi connectivity index (χ1n) is 8.72. The highest BCUT2D eigenvalue weighted by Crippen LogP contribution is 2.29. The van der Waals surface area contributed by atoms with Crippen LogP contribution in [0, 0.1) is 11.7 Å². The lowest BCUT2D eigenvalue weighted by Gasteiger charge is -2.32. The molecule has 0 heterocycles. The third kappa shape index (κ3) is 5.10. The molecule has 0 aliphatic heterocycles. The highest BCUT2D eigenvalue weighted by Gasteiger charge is 2.22. The van der Waals surface area contributed by atoms with E-state index in [1.807, 2.05) is 12.1 Å². The molecule has 1 aliphatic rings. The standard InChI is InChI=1S/C19H30FN/c1-3-4-10-19(17-11-13-18(20)14-12-17)21-15(2)16-8-6-5-7-9-16/h11-16,19,21H,3-10H2,1-2H3/t15-,19?/m1/s1. The summed E-state index contributed by atoms with van der Waals surface area (Å²) >= 11 is 0. The second kappa shape index (κ2) is 8.53. The summed E-state index contributed by atoms with van der Waals surface area (Å²) in [5.74, 6) is 0.664. The molecule has 0 aromatic heterocycles. The number of hydrogen-bond acceptors (Lipinski definition) is 1. The Balaban J connectivity index is 1.99. The van der Waals surface area contributed by atoms with Crippen molar-refractivity contribution < 1.29 is 4.39 Å². The molecule has 1 aromatic rings. The van der Waals surface area contributed by atoms with Gasteiger partial charge in [-0.2, -0.15) is 0 Å². The fourth-order valence-electron chi connectivity index (χ4n) is 3.54. The molecular weight excluding hydrogens is 261 g/mol. The van der Waals surface area contributed by atoms with Crippen LogP contribution in [0.3, 0.4) is 0 Å². The molecule has 1 N–H and O–H groups in total. The van der Waals surface area contributed by atoms with Gasteiger partial charge in [-0.05, 0) is 49.8 Å². The Morgan fingerprint density at radius 3 is 2.43 bits per heavy atom. The van der Waals surface area contributed by atoms with Crippen LogP contribution in [0.2, 0.25) is 0 Å². The van der Waals surface area contributed by atoms with Crippen molar-refractivity contribution in [2.75, 3.05) is 0 Å². The van der Waals surface area contributed by atoms with E-state index in [4.69, 9.17) is 0 Å². The van der Waals surface area contributed by atoms with Crippen LogP contribution in [-0.4, -0.2) is 6.04 Å². The Kier molecular flexibility index (Phi) is 6.69. The topological polar surface area (TPSA) is 12.0 Å². The molecule has 0 spiro atoms. The smallest absolute Gasteiger partial charge is 0.123 e. The summed E-state index contributed by atoms with van der Waals surface area (Å²) in [7, 11) is 0. The normalized spacial score (nSPS) is 19.4. The van der Waals surface area contributed by atoms with E-state index in [2.05, 4.69) is 19.2 Å². The summed E-state index contributed by atoms with van der Waals surface area (Å²) < 4.78 is 13.1. The molecule has 0 radical (unpaired) electrons. The molecule has 1 fully saturated rings. The molecular formula is C19H30FN. The van der Waals surface area contributed by atoms with Gasteiger partial charge in [-0.1, -0.05) is 51.2 Å². The summed E-state index contributed by atoms with van der Waals surface area (Å²) in [6.45, 7) is 4.56. The summed E-state index contributed by atoms with van der Waals surface area (Å²) in [5.41, 5.74) is 1.23. The van der Waals surface area contributed by atoms with Crippen molar-refractivity contribution in [3.05, 3.63) is 35.6 Å². The quantitative estimate of drug-likeness (QED) is 0.688. The fraction of sp³-hybridized carbons (Fsp3) is 0.684. The zero-order valence-electron chi connectivity index (χ0n) is 13.6. The maximum Gasteiger partial charge on any atom is 0.123 e. The molecule has 2 rings (SSSR count). The zero-order chi connectivity index (χ0) is 15.1. The van der Waals surface area contributed by atoms with Crippen LogP contribution in [0.25, 0.3) is 0 Å². The van der Waals surface area contributed by atoms with Gasteiger partial charge < -0.3 is 5.32 Å². The lowest BCUT2D eigenvalue weighted by atomic mass is 9.84. The summed E-state index contributed by atoms with van der Waals surface area (Å²) in [6.07, 6.45) is 10.4. The maximum atomic E-state index is 13.1. The van der Waals surface area contributed by atoms with E-state index in [9.17, 15) is 4.39 Å². The van der Waals surface area contributed by atoms with Crippen LogP contribution in [0.15, 0.2) is 24.3 Å². The second-order valence-electron chi connectivity index (χ2n) is 6.60. The summed E-state index contributed by atoms with van der Waals surface area (Å²) in [5, 5.41) is 3.83. The van der Waals surface area contributed by atoms with E-state index >= 15 is 0 Å². The third-order valence-electron chi connectivity index (χ3n) is 4.94. The molecule has 0 amide bonds. The van der Waals surface area contributed by atoms with Gasteiger partial charge in [-0.15, -0.1) is 0 Å². The predicted octanol–water partition coefficient (Wildman–Crippen LogP) is 5.62. The molecule has 118 valence electrons. The van der Waals surface area contributed by atoms with Gasteiger partial charge in [0.25, 0.3) is 0 Å². The largest absolute Gasteiger partial charge is 0.307 e. The molecule has 1 nitrogen and oxygen atoms in total. The van der Waals surface area contributed by atoms with Crippen molar-refractivity contribution in [1.29, 1.82) is 0 Å². The number of rotatable bonds is 7. The number of unbranched alkanes of at least 4 members (excludes halogenated alkanes) is 1. The van der Waals surface area contributed by atoms with E-state index in [0.29, 0.717) is 12.1 Å². The lowest BCUT2D eigenvalue weighted by Crippen LogP contribution is -2.37. The van der Waals surface area contributed by atoms with E-state index in [1.54, 1.807) is 12.1 Å². The number of halogens is 1. The predicted molar refractivity (Wildman–Crippen MR) is 87.8 cm³/mol. The van der Waals surface area contributed by atoms with Gasteiger partial charge in [0.1, 0.15) is 5.82 Å². The highest BCUT2D eigenvalue weighted by atomic mass is 19.1. The van der Waals surface area contributed by atoms with Crippen LogP contribution in [0.5, 0.6) is 0 Å². The summed E-state index contributed by atoms with van der Waals surface area (Å²) in [6, 6.07) is 7.97. The Bertz CT molecular complexity index is 395. The molecule has 1 saturated carbocycles. The van der Waals surface area contributed by atoms with Gasteiger partial charge in [0.05, 0.1) is 0 Å². The van der Waals surface area contributed by atoms with Crippen LogP contribution >= 0.6 is 0 Å². The molecule has 2 atom stereocenters. The molecule has 21 heavy (non-hydrogen) atoms. The van der Waals surface area contributed by atoms with E-state index in [0.717, 1.165) is 12.3 Å². The lowest BCUT2D eigenvalue weighted by molar-refractivity contribution is 0.259. The van der Waals surface area contributed by atoms with E-state index in [1.165, 1.54) is 50.5 Å². The SMILES string of the molecule is CCCCC(N[C@H](C)C1CCCCC1)c1ccc(F)cc1. The maximum absolute atomic E-state index is 13.1. The highest BCUT2D eigenvalue weighted by molar-refractivity contribution is 5.20. The third-order valence-corrected chi connectivity index (χ3v) is 4.94. The van der Waals surface area contributed by atoms with E-state index in [-0.39, 0.29) is 5.82 Å². The van der Waals surface area contributed by atoms with Crippen LogP contribution in [0.1, 0.15) is 76.8 Å². The number of benzene rings is 1. The molecule has 1 aromatic carbocycles. The van der Waals surface area contributed by atoms with E-state index < -0.39 is 0 Å². The van der Waals surface area contributed by atoms with Gasteiger partial charge in [0.2, 0.25) is 0 Å². The van der Waals surface area contributed by atoms with Crippen LogP contribution in [-0.2, 0) is 0 Å². The van der Waals surface area contributed by atoms with Crippen molar-refractivity contribution in [1.82, 2.24) is 5.32 Å². The van der Waals surface area contributed by atoms with Crippen molar-refractivity contribution in [3.63, 3.8) is 0 Å². The average Bonchev–Trinajstić information content (AvgIpc) is 2.53. The fourth-order valence-corrected chi connectivity index (χ4v) is 3.54. The first kappa shape index (κ1) is 16.5. The van der Waals surface area contributed by atoms with Crippen molar-refractivity contribution in [2.24, 2.45) is 5.92 Å². The Morgan fingerprint density at radius 2 is 1.81 bits per heavy atom. The van der Waals surface area contributed by atoms with Gasteiger partial charge in [0, 0.05) is 12.1 Å². The molecule has 1 aliphatic carbocycles. The Hall–Kier alpha value is -0.890. The Morgan fingerprint density at radius 1 is 1.14 bits per heavy atom. The van der Waals surface area contributed by atoms with Gasteiger partial charge in [0.15, 0.2) is 0 Å². The minimum Gasteiger partial charge on any atom is -0.307 e. The van der Waals surface area contributed by atoms with Gasteiger partial charge in [-0.3, -0.25) is 0 Å². The number of hydrogen-bond donors (Lipinski definition) is 1. The van der Waals surface area contributed by atoms with Gasteiger partial charge >= 0.3 is 0 Å². The molecule has 1 unspecified atom stereocenters. The second-order valence-corrected chi connectivity index (χ2v) is 6.60. The molecule has 0 bridgehead atoms. The minimum atomic E-state index is -0.145. The average molecular weight is 291 g/mol. The van der Waals surface area contributed by atoms with Gasteiger partial charge in [-0.25, -0.2) is 4.39 Å². The number of nitrogens with one attached hydrogen (secondary N) is 1. The monoisotopic (exact) mass is 291 g/mol. The zero-order valence-corrected chi connectivity index (χ0v) is 13.6. The van der Waals surface area contributed by atoms with Crippen LogP contribution < -0.4 is 5.32 Å². The minimum absolute atomic E-state index is 0.145. The first-order chi connectivity index (χ1) is 10.2. The first-order valence-corrected chi connectivity index (χ1v) is 8.72.